The monoisotopic (exact) mass is 480 g/mol. The number of aromatic nitrogens is 7. The molecule has 4 aromatic heterocycles. The summed E-state index contributed by atoms with van der Waals surface area (Å²) in [4.78, 5) is 18.1. The van der Waals surface area contributed by atoms with Crippen LogP contribution in [0.5, 0.6) is 0 Å². The van der Waals surface area contributed by atoms with Gasteiger partial charge >= 0.3 is 0 Å². The van der Waals surface area contributed by atoms with Crippen molar-refractivity contribution in [1.29, 1.82) is 0 Å². The smallest absolute Gasteiger partial charge is 0.256 e. The van der Waals surface area contributed by atoms with E-state index >= 15 is 0 Å². The lowest BCUT2D eigenvalue weighted by atomic mass is 10.1. The summed E-state index contributed by atoms with van der Waals surface area (Å²) in [6.07, 6.45) is 8.63. The van der Waals surface area contributed by atoms with Crippen LogP contribution in [-0.2, 0) is 14.8 Å². The summed E-state index contributed by atoms with van der Waals surface area (Å²) in [5, 5.41) is 6.91. The van der Waals surface area contributed by atoms with Crippen LogP contribution in [0.25, 0.3) is 22.4 Å². The van der Waals surface area contributed by atoms with Crippen LogP contribution in [0, 0.1) is 0 Å². The van der Waals surface area contributed by atoms with E-state index in [1.165, 1.54) is 12.4 Å². The Morgan fingerprint density at radius 3 is 2.65 bits per heavy atom. The molecule has 2 aliphatic rings. The second-order valence-corrected chi connectivity index (χ2v) is 10.9. The van der Waals surface area contributed by atoms with Gasteiger partial charge in [0.1, 0.15) is 29.1 Å². The van der Waals surface area contributed by atoms with E-state index in [0.717, 1.165) is 34.0 Å². The van der Waals surface area contributed by atoms with Gasteiger partial charge in [0.2, 0.25) is 0 Å². The molecule has 4 aromatic rings. The lowest BCUT2D eigenvalue weighted by Crippen LogP contribution is -2.23. The van der Waals surface area contributed by atoms with Crippen LogP contribution < -0.4 is 5.32 Å². The minimum atomic E-state index is -3.44. The van der Waals surface area contributed by atoms with Gasteiger partial charge in [-0.15, -0.1) is 0 Å². The molecule has 0 radical (unpaired) electrons. The van der Waals surface area contributed by atoms with Crippen molar-refractivity contribution in [2.24, 2.45) is 0 Å². The average molecular weight is 481 g/mol. The first-order valence-corrected chi connectivity index (χ1v) is 12.8. The average Bonchev–Trinajstić information content (AvgIpc) is 3.40. The van der Waals surface area contributed by atoms with Crippen LogP contribution in [0.1, 0.15) is 51.1 Å². The number of hydrogen-bond acceptors (Lipinski definition) is 9. The first kappa shape index (κ1) is 21.2. The standard InChI is InChI=1S/C22H24N8O3S/c1-13(2)30-17-9-20(24-11-16(17)26-22(30)18-6-8-33-18)27-19-5-7-23-21(28-19)14-10-25-29(12-14)34(31,32)15-3-4-15/h5,7,9-13,15,18H,3-4,6,8H2,1-2H3,(H,23,24,27,28). The van der Waals surface area contributed by atoms with Crippen molar-refractivity contribution in [3.8, 4) is 11.4 Å². The number of rotatable bonds is 7. The molecule has 1 saturated heterocycles. The minimum absolute atomic E-state index is 0.0280. The summed E-state index contributed by atoms with van der Waals surface area (Å²) in [5.74, 6) is 2.46. The fourth-order valence-electron chi connectivity index (χ4n) is 4.07. The molecule has 2 fully saturated rings. The molecule has 0 bridgehead atoms. The van der Waals surface area contributed by atoms with Crippen LogP contribution in [0.2, 0.25) is 0 Å². The zero-order chi connectivity index (χ0) is 23.4. The number of ether oxygens (including phenoxy) is 1. The largest absolute Gasteiger partial charge is 0.370 e. The van der Waals surface area contributed by atoms with E-state index < -0.39 is 10.0 Å². The van der Waals surface area contributed by atoms with Gasteiger partial charge in [-0.05, 0) is 32.8 Å². The van der Waals surface area contributed by atoms with E-state index in [-0.39, 0.29) is 17.4 Å². The molecule has 1 aliphatic carbocycles. The van der Waals surface area contributed by atoms with E-state index in [1.807, 2.05) is 6.07 Å². The van der Waals surface area contributed by atoms with Gasteiger partial charge in [0.15, 0.2) is 5.82 Å². The molecule has 176 valence electrons. The molecule has 0 spiro atoms. The van der Waals surface area contributed by atoms with Gasteiger partial charge in [0.25, 0.3) is 10.0 Å². The Morgan fingerprint density at radius 2 is 1.94 bits per heavy atom. The third kappa shape index (κ3) is 3.62. The molecular formula is C22H24N8O3S. The first-order valence-electron chi connectivity index (χ1n) is 11.3. The van der Waals surface area contributed by atoms with Crippen LogP contribution in [-0.4, -0.2) is 54.0 Å². The van der Waals surface area contributed by atoms with Gasteiger partial charge in [0, 0.05) is 24.7 Å². The topological polar surface area (TPSA) is 130 Å². The van der Waals surface area contributed by atoms with E-state index in [1.54, 1.807) is 18.5 Å². The maximum Gasteiger partial charge on any atom is 0.256 e. The molecule has 34 heavy (non-hydrogen) atoms. The number of nitrogens with zero attached hydrogens (tertiary/aromatic N) is 7. The third-order valence-electron chi connectivity index (χ3n) is 6.04. The maximum atomic E-state index is 12.4. The first-order chi connectivity index (χ1) is 16.4. The summed E-state index contributed by atoms with van der Waals surface area (Å²) in [5.41, 5.74) is 2.32. The third-order valence-corrected chi connectivity index (χ3v) is 8.08. The van der Waals surface area contributed by atoms with E-state index in [0.29, 0.717) is 35.9 Å². The van der Waals surface area contributed by atoms with Crippen LogP contribution in [0.15, 0.2) is 36.9 Å². The quantitative estimate of drug-likeness (QED) is 0.424. The highest BCUT2D eigenvalue weighted by atomic mass is 32.2. The van der Waals surface area contributed by atoms with E-state index in [2.05, 4.69) is 43.8 Å². The lowest BCUT2D eigenvalue weighted by Gasteiger charge is -2.27. The fourth-order valence-corrected chi connectivity index (χ4v) is 5.55. The molecule has 5 heterocycles. The van der Waals surface area contributed by atoms with Gasteiger partial charge < -0.3 is 14.6 Å². The van der Waals surface area contributed by atoms with Crippen LogP contribution in [0.4, 0.5) is 11.6 Å². The summed E-state index contributed by atoms with van der Waals surface area (Å²) in [6.45, 7) is 5.01. The number of anilines is 2. The Kier molecular flexibility index (Phi) is 4.88. The van der Waals surface area contributed by atoms with Crippen molar-refractivity contribution >= 4 is 32.7 Å². The number of pyridine rings is 1. The molecule has 1 saturated carbocycles. The highest BCUT2D eigenvalue weighted by Gasteiger charge is 2.37. The zero-order valence-corrected chi connectivity index (χ0v) is 19.6. The van der Waals surface area contributed by atoms with Gasteiger partial charge in [-0.1, -0.05) is 0 Å². The molecule has 0 aromatic carbocycles. The second-order valence-electron chi connectivity index (χ2n) is 8.88. The van der Waals surface area contributed by atoms with Crippen molar-refractivity contribution in [2.45, 2.75) is 50.5 Å². The van der Waals surface area contributed by atoms with Gasteiger partial charge in [0.05, 0.1) is 41.5 Å². The van der Waals surface area contributed by atoms with Crippen molar-refractivity contribution in [1.82, 2.24) is 33.7 Å². The van der Waals surface area contributed by atoms with Gasteiger partial charge in [-0.2, -0.15) is 9.19 Å². The Morgan fingerprint density at radius 1 is 1.12 bits per heavy atom. The number of hydrogen-bond donors (Lipinski definition) is 1. The zero-order valence-electron chi connectivity index (χ0n) is 18.8. The molecule has 1 atom stereocenters. The van der Waals surface area contributed by atoms with Crippen LogP contribution >= 0.6 is 0 Å². The molecule has 12 heteroatoms. The molecule has 1 N–H and O–H groups in total. The van der Waals surface area contributed by atoms with Gasteiger partial charge in [-0.3, -0.25) is 0 Å². The predicted molar refractivity (Wildman–Crippen MR) is 125 cm³/mol. The molecular weight excluding hydrogens is 456 g/mol. The second kappa shape index (κ2) is 7.84. The molecule has 1 unspecified atom stereocenters. The fraction of sp³-hybridized carbons (Fsp3) is 0.409. The number of fused-ring (bicyclic) bond motifs is 1. The predicted octanol–water partition coefficient (Wildman–Crippen LogP) is 3.21. The summed E-state index contributed by atoms with van der Waals surface area (Å²) in [7, 11) is -3.44. The van der Waals surface area contributed by atoms with Crippen LogP contribution in [0.3, 0.4) is 0 Å². The SMILES string of the molecule is CC(C)n1c(C2CCO2)nc2cnc(Nc3ccnc(-c4cnn(S(=O)(=O)C5CC5)c4)n3)cc21. The van der Waals surface area contributed by atoms with Crippen molar-refractivity contribution in [3.05, 3.63) is 42.7 Å². The minimum Gasteiger partial charge on any atom is -0.370 e. The number of imidazole rings is 1. The summed E-state index contributed by atoms with van der Waals surface area (Å²) >= 11 is 0. The van der Waals surface area contributed by atoms with Crippen molar-refractivity contribution in [2.75, 3.05) is 11.9 Å². The lowest BCUT2D eigenvalue weighted by molar-refractivity contribution is -0.0599. The normalized spacial score (nSPS) is 18.4. The Bertz CT molecular complexity index is 1490. The maximum absolute atomic E-state index is 12.4. The molecule has 0 amide bonds. The molecule has 6 rings (SSSR count). The Labute approximate surface area is 196 Å². The Balaban J connectivity index is 1.29. The summed E-state index contributed by atoms with van der Waals surface area (Å²) < 4.78 is 33.7. The molecule has 1 aliphatic heterocycles. The van der Waals surface area contributed by atoms with Crippen molar-refractivity contribution < 1.29 is 13.2 Å². The highest BCUT2D eigenvalue weighted by Crippen LogP contribution is 2.34. The highest BCUT2D eigenvalue weighted by molar-refractivity contribution is 7.90. The van der Waals surface area contributed by atoms with E-state index in [9.17, 15) is 8.42 Å². The molecule has 11 nitrogen and oxygen atoms in total. The number of nitrogens with one attached hydrogen (secondary N) is 1. The van der Waals surface area contributed by atoms with Gasteiger partial charge in [-0.25, -0.2) is 28.4 Å². The van der Waals surface area contributed by atoms with Crippen molar-refractivity contribution in [3.63, 3.8) is 0 Å². The van der Waals surface area contributed by atoms with E-state index in [4.69, 9.17) is 9.72 Å². The summed E-state index contributed by atoms with van der Waals surface area (Å²) in [6, 6.07) is 3.90. The Hall–Kier alpha value is -3.38.